The average Bonchev–Trinajstić information content (AvgIpc) is 3.15. The number of aromatic nitrogens is 4. The molecule has 0 N–H and O–H groups in total. The number of alkyl halides is 3. The fraction of sp³-hybridized carbons (Fsp3) is 0.250. The second kappa shape index (κ2) is 7.97. The van der Waals surface area contributed by atoms with Crippen LogP contribution in [0.2, 0.25) is 0 Å². The minimum Gasteiger partial charge on any atom is -0.329 e. The molecule has 4 nitrogen and oxygen atoms in total. The lowest BCUT2D eigenvalue weighted by Gasteiger charge is -2.08. The third-order valence-electron chi connectivity index (χ3n) is 3.44. The van der Waals surface area contributed by atoms with E-state index < -0.39 is 5.51 Å². The van der Waals surface area contributed by atoms with Crippen LogP contribution in [0.1, 0.15) is 18.4 Å². The molecule has 0 radical (unpaired) electrons. The maximum absolute atomic E-state index is 12.5. The highest BCUT2D eigenvalue weighted by molar-refractivity contribution is 8.00. The summed E-state index contributed by atoms with van der Waals surface area (Å²) >= 11 is -0.121. The van der Waals surface area contributed by atoms with Gasteiger partial charge in [-0.2, -0.15) is 13.2 Å². The highest BCUT2D eigenvalue weighted by Gasteiger charge is 2.29. The molecule has 3 aromatic rings. The lowest BCUT2D eigenvalue weighted by molar-refractivity contribution is -0.0328. The summed E-state index contributed by atoms with van der Waals surface area (Å²) < 4.78 is 41.2. The van der Waals surface area contributed by atoms with Gasteiger partial charge in [-0.15, -0.1) is 12.4 Å². The topological polar surface area (TPSA) is 35.6 Å². The van der Waals surface area contributed by atoms with E-state index >= 15 is 0 Å². The van der Waals surface area contributed by atoms with E-state index in [-0.39, 0.29) is 29.1 Å². The van der Waals surface area contributed by atoms with Crippen molar-refractivity contribution >= 4 is 24.2 Å². The number of imidazole rings is 2. The second-order valence-electron chi connectivity index (χ2n) is 5.14. The van der Waals surface area contributed by atoms with Crippen LogP contribution >= 0.6 is 24.2 Å². The molecule has 0 atom stereocenters. The summed E-state index contributed by atoms with van der Waals surface area (Å²) in [6, 6.07) is 6.30. The summed E-state index contributed by atoms with van der Waals surface area (Å²) in [4.78, 5) is 8.74. The van der Waals surface area contributed by atoms with Crippen molar-refractivity contribution in [3.8, 4) is 5.69 Å². The highest BCUT2D eigenvalue weighted by atomic mass is 35.5. The van der Waals surface area contributed by atoms with Crippen molar-refractivity contribution in [3.63, 3.8) is 0 Å². The maximum Gasteiger partial charge on any atom is 0.446 e. The first-order chi connectivity index (χ1) is 11.4. The van der Waals surface area contributed by atoms with Crippen LogP contribution in [0.4, 0.5) is 13.2 Å². The Morgan fingerprint density at radius 1 is 1.20 bits per heavy atom. The van der Waals surface area contributed by atoms with Crippen molar-refractivity contribution in [3.05, 3.63) is 60.7 Å². The van der Waals surface area contributed by atoms with Crippen molar-refractivity contribution in [2.45, 2.75) is 30.3 Å². The number of aryl methyl sites for hydroxylation is 1. The Kier molecular flexibility index (Phi) is 6.18. The number of nitrogens with zero attached hydrogens (tertiary/aromatic N) is 4. The normalized spacial score (nSPS) is 11.4. The number of hydrogen-bond donors (Lipinski definition) is 0. The molecule has 2 heterocycles. The lowest BCUT2D eigenvalue weighted by Crippen LogP contribution is -2.03. The fourth-order valence-corrected chi connectivity index (χ4v) is 2.99. The zero-order valence-corrected chi connectivity index (χ0v) is 14.9. The van der Waals surface area contributed by atoms with Gasteiger partial charge in [0.1, 0.15) is 5.82 Å². The zero-order valence-electron chi connectivity index (χ0n) is 13.3. The van der Waals surface area contributed by atoms with Gasteiger partial charge >= 0.3 is 5.51 Å². The van der Waals surface area contributed by atoms with Gasteiger partial charge in [0.2, 0.25) is 0 Å². The summed E-state index contributed by atoms with van der Waals surface area (Å²) in [6.07, 6.45) is 7.88. The van der Waals surface area contributed by atoms with Gasteiger partial charge in [0.25, 0.3) is 0 Å². The van der Waals surface area contributed by atoms with Crippen molar-refractivity contribution in [2.75, 3.05) is 0 Å². The monoisotopic (exact) mass is 388 g/mol. The molecule has 0 saturated carbocycles. The minimum atomic E-state index is -4.29. The van der Waals surface area contributed by atoms with Crippen LogP contribution in [0.3, 0.4) is 0 Å². The van der Waals surface area contributed by atoms with Crippen molar-refractivity contribution in [1.29, 1.82) is 0 Å². The molecule has 0 bridgehead atoms. The van der Waals surface area contributed by atoms with Crippen LogP contribution < -0.4 is 0 Å². The van der Waals surface area contributed by atoms with Crippen LogP contribution in [0.5, 0.6) is 0 Å². The Bertz CT molecular complexity index is 829. The summed E-state index contributed by atoms with van der Waals surface area (Å²) in [5.74, 6) is 0.966. The van der Waals surface area contributed by atoms with Crippen LogP contribution in [0.15, 0.2) is 54.1 Å². The first-order valence-electron chi connectivity index (χ1n) is 7.33. The van der Waals surface area contributed by atoms with Crippen molar-refractivity contribution in [2.24, 2.45) is 0 Å². The number of benzene rings is 1. The largest absolute Gasteiger partial charge is 0.446 e. The Hall–Kier alpha value is -1.93. The van der Waals surface area contributed by atoms with Gasteiger partial charge in [-0.1, -0.05) is 13.0 Å². The minimum absolute atomic E-state index is 0. The van der Waals surface area contributed by atoms with Crippen LogP contribution in [-0.2, 0) is 13.0 Å². The molecular formula is C16H16ClF3N4S. The van der Waals surface area contributed by atoms with Crippen LogP contribution in [-0.4, -0.2) is 24.6 Å². The maximum atomic E-state index is 12.5. The number of thioether (sulfide) groups is 1. The molecule has 0 fully saturated rings. The molecular weight excluding hydrogens is 373 g/mol. The van der Waals surface area contributed by atoms with Gasteiger partial charge in [0, 0.05) is 35.6 Å². The molecule has 2 aromatic heterocycles. The Morgan fingerprint density at radius 3 is 2.72 bits per heavy atom. The van der Waals surface area contributed by atoms with Gasteiger partial charge in [-0.25, -0.2) is 9.97 Å². The van der Waals surface area contributed by atoms with E-state index in [0.29, 0.717) is 12.2 Å². The summed E-state index contributed by atoms with van der Waals surface area (Å²) in [7, 11) is 0. The molecule has 0 aliphatic heterocycles. The molecule has 0 unspecified atom stereocenters. The molecule has 0 saturated heterocycles. The van der Waals surface area contributed by atoms with Gasteiger partial charge in [-0.3, -0.25) is 0 Å². The van der Waals surface area contributed by atoms with Gasteiger partial charge in [0.15, 0.2) is 0 Å². The highest BCUT2D eigenvalue weighted by Crippen LogP contribution is 2.37. The van der Waals surface area contributed by atoms with Crippen LogP contribution in [0, 0.1) is 0 Å². The Labute approximate surface area is 153 Å². The van der Waals surface area contributed by atoms with E-state index in [9.17, 15) is 13.2 Å². The third kappa shape index (κ3) is 5.02. The van der Waals surface area contributed by atoms with E-state index in [1.54, 1.807) is 29.2 Å². The summed E-state index contributed by atoms with van der Waals surface area (Å²) in [5.41, 5.74) is -2.84. The molecule has 3 rings (SSSR count). The van der Waals surface area contributed by atoms with E-state index in [1.165, 1.54) is 12.1 Å². The Morgan fingerprint density at radius 2 is 2.00 bits per heavy atom. The van der Waals surface area contributed by atoms with Gasteiger partial charge < -0.3 is 9.13 Å². The summed E-state index contributed by atoms with van der Waals surface area (Å²) in [6.45, 7) is 2.61. The molecule has 9 heteroatoms. The smallest absolute Gasteiger partial charge is 0.329 e. The molecule has 25 heavy (non-hydrogen) atoms. The molecule has 0 amide bonds. The van der Waals surface area contributed by atoms with E-state index in [2.05, 4.69) is 9.97 Å². The fourth-order valence-electron chi connectivity index (χ4n) is 2.40. The molecule has 1 aromatic carbocycles. The number of hydrogen-bond acceptors (Lipinski definition) is 3. The molecule has 0 spiro atoms. The number of halogens is 4. The zero-order chi connectivity index (χ0) is 17.2. The van der Waals surface area contributed by atoms with Crippen molar-refractivity contribution < 1.29 is 13.2 Å². The SMILES string of the molecule is CCc1nccn1Cc1cn(-c2cccc(SC(F)(F)F)c2)cn1.Cl. The third-order valence-corrected chi connectivity index (χ3v) is 4.16. The second-order valence-corrected chi connectivity index (χ2v) is 6.28. The predicted octanol–water partition coefficient (Wildman–Crippen LogP) is 4.71. The van der Waals surface area contributed by atoms with Gasteiger partial charge in [0.05, 0.1) is 18.6 Å². The first kappa shape index (κ1) is 19.4. The van der Waals surface area contributed by atoms with E-state index in [1.807, 2.05) is 23.9 Å². The molecule has 0 aliphatic carbocycles. The molecule has 0 aliphatic rings. The first-order valence-corrected chi connectivity index (χ1v) is 8.15. The quantitative estimate of drug-likeness (QED) is 0.594. The van der Waals surface area contributed by atoms with Gasteiger partial charge in [-0.05, 0) is 30.0 Å². The lowest BCUT2D eigenvalue weighted by atomic mass is 10.3. The predicted molar refractivity (Wildman–Crippen MR) is 93.4 cm³/mol. The Balaban J connectivity index is 0.00000225. The standard InChI is InChI=1S/C16H15F3N4S.ClH/c1-2-15-20-6-7-22(15)9-12-10-23(11-21-12)13-4-3-5-14(8-13)24-16(17,18)19;/h3-8,10-11H,2,9H2,1H3;1H. The van der Waals surface area contributed by atoms with E-state index in [4.69, 9.17) is 0 Å². The molecule has 134 valence electrons. The number of rotatable bonds is 5. The van der Waals surface area contributed by atoms with Crippen molar-refractivity contribution in [1.82, 2.24) is 19.1 Å². The van der Waals surface area contributed by atoms with Crippen LogP contribution in [0.25, 0.3) is 5.69 Å². The summed E-state index contributed by atoms with van der Waals surface area (Å²) in [5, 5.41) is 0. The average molecular weight is 389 g/mol. The van der Waals surface area contributed by atoms with E-state index in [0.717, 1.165) is 17.9 Å².